The Balaban J connectivity index is 2.02. The zero-order chi connectivity index (χ0) is 14.0. The van der Waals surface area contributed by atoms with Crippen LogP contribution in [0.2, 0.25) is 0 Å². The van der Waals surface area contributed by atoms with Crippen LogP contribution in [0.1, 0.15) is 32.0 Å². The second-order valence-electron chi connectivity index (χ2n) is 4.94. The molecule has 1 aromatic rings. The van der Waals surface area contributed by atoms with Crippen molar-refractivity contribution in [3.8, 4) is 0 Å². The highest BCUT2D eigenvalue weighted by Gasteiger charge is 2.41. The quantitative estimate of drug-likeness (QED) is 0.831. The third-order valence-electron chi connectivity index (χ3n) is 3.39. The summed E-state index contributed by atoms with van der Waals surface area (Å²) in [5.41, 5.74) is -0.803. The number of amides is 2. The molecule has 1 aliphatic rings. The maximum absolute atomic E-state index is 12.3. The Bertz CT molecular complexity index is 499. The number of piperazine rings is 1. The van der Waals surface area contributed by atoms with E-state index in [0.29, 0.717) is 31.1 Å². The number of nitrogens with zero attached hydrogens (tertiary/aromatic N) is 3. The molecule has 1 atom stereocenters. The van der Waals surface area contributed by atoms with Gasteiger partial charge in [0, 0.05) is 19.9 Å². The van der Waals surface area contributed by atoms with Crippen molar-refractivity contribution in [1.82, 2.24) is 20.4 Å². The largest absolute Gasteiger partial charge is 0.340 e. The molecule has 1 aromatic heterocycles. The van der Waals surface area contributed by atoms with Crippen molar-refractivity contribution in [2.24, 2.45) is 0 Å². The Kier molecular flexibility index (Phi) is 3.55. The van der Waals surface area contributed by atoms with Crippen LogP contribution >= 0.6 is 0 Å². The summed E-state index contributed by atoms with van der Waals surface area (Å²) < 4.78 is 4.87. The first-order chi connectivity index (χ1) is 8.94. The molecule has 7 heteroatoms. The van der Waals surface area contributed by atoms with Gasteiger partial charge in [0.1, 0.15) is 5.54 Å². The van der Waals surface area contributed by atoms with Crippen LogP contribution in [0.25, 0.3) is 0 Å². The lowest BCUT2D eigenvalue weighted by Gasteiger charge is -2.39. The molecule has 0 bridgehead atoms. The molecule has 0 aliphatic carbocycles. The zero-order valence-electron chi connectivity index (χ0n) is 11.4. The Morgan fingerprint density at radius 2 is 2.21 bits per heavy atom. The normalized spacial score (nSPS) is 23.6. The van der Waals surface area contributed by atoms with Crippen LogP contribution in [0, 0.1) is 6.92 Å². The van der Waals surface area contributed by atoms with Crippen LogP contribution < -0.4 is 5.32 Å². The molecule has 2 rings (SSSR count). The summed E-state index contributed by atoms with van der Waals surface area (Å²) in [5, 5.41) is 6.52. The minimum Gasteiger partial charge on any atom is -0.340 e. The third-order valence-corrected chi connectivity index (χ3v) is 3.39. The Morgan fingerprint density at radius 1 is 1.47 bits per heavy atom. The van der Waals surface area contributed by atoms with E-state index < -0.39 is 5.54 Å². The molecule has 7 nitrogen and oxygen atoms in total. The summed E-state index contributed by atoms with van der Waals surface area (Å²) in [6.45, 7) is 5.85. The first kappa shape index (κ1) is 13.5. The fourth-order valence-corrected chi connectivity index (χ4v) is 2.09. The van der Waals surface area contributed by atoms with Gasteiger partial charge in [-0.2, -0.15) is 4.98 Å². The monoisotopic (exact) mass is 266 g/mol. The van der Waals surface area contributed by atoms with E-state index in [1.807, 2.05) is 6.92 Å². The topological polar surface area (TPSA) is 88.3 Å². The van der Waals surface area contributed by atoms with Crippen molar-refractivity contribution in [3.05, 3.63) is 11.7 Å². The Hall–Kier alpha value is -1.92. The van der Waals surface area contributed by atoms with Gasteiger partial charge >= 0.3 is 0 Å². The van der Waals surface area contributed by atoms with E-state index in [2.05, 4.69) is 15.5 Å². The summed E-state index contributed by atoms with van der Waals surface area (Å²) in [4.78, 5) is 29.6. The van der Waals surface area contributed by atoms with Gasteiger partial charge in [0.05, 0.1) is 6.54 Å². The molecule has 0 saturated carbocycles. The summed E-state index contributed by atoms with van der Waals surface area (Å²) in [5.74, 6) is 0.855. The van der Waals surface area contributed by atoms with Crippen LogP contribution in [0.15, 0.2) is 4.52 Å². The molecule has 104 valence electrons. The van der Waals surface area contributed by atoms with E-state index >= 15 is 0 Å². The lowest BCUT2D eigenvalue weighted by Crippen LogP contribution is -2.65. The van der Waals surface area contributed by atoms with Crippen molar-refractivity contribution in [1.29, 1.82) is 0 Å². The van der Waals surface area contributed by atoms with Crippen LogP contribution in [0.4, 0.5) is 0 Å². The summed E-state index contributed by atoms with van der Waals surface area (Å²) in [7, 11) is 0. The van der Waals surface area contributed by atoms with Crippen molar-refractivity contribution >= 4 is 11.8 Å². The van der Waals surface area contributed by atoms with Crippen LogP contribution in [0.3, 0.4) is 0 Å². The molecule has 0 radical (unpaired) electrons. The molecule has 2 amide bonds. The van der Waals surface area contributed by atoms with Gasteiger partial charge in [0.15, 0.2) is 5.82 Å². The van der Waals surface area contributed by atoms with Gasteiger partial charge in [-0.15, -0.1) is 0 Å². The molecule has 19 heavy (non-hydrogen) atoms. The molecule has 1 N–H and O–H groups in total. The minimum atomic E-state index is -0.803. The van der Waals surface area contributed by atoms with Gasteiger partial charge in [-0.3, -0.25) is 9.59 Å². The maximum Gasteiger partial charge on any atom is 0.248 e. The van der Waals surface area contributed by atoms with Gasteiger partial charge in [-0.1, -0.05) is 12.1 Å². The number of aryl methyl sites for hydroxylation is 1. The van der Waals surface area contributed by atoms with Crippen LogP contribution in [0.5, 0.6) is 0 Å². The second kappa shape index (κ2) is 4.99. The van der Waals surface area contributed by atoms with Gasteiger partial charge in [-0.05, 0) is 13.3 Å². The average molecular weight is 266 g/mol. The van der Waals surface area contributed by atoms with Gasteiger partial charge < -0.3 is 14.7 Å². The predicted molar refractivity (Wildman–Crippen MR) is 66.2 cm³/mol. The Labute approximate surface area is 111 Å². The molecule has 0 spiro atoms. The average Bonchev–Trinajstić information content (AvgIpc) is 2.78. The lowest BCUT2D eigenvalue weighted by atomic mass is 9.94. The van der Waals surface area contributed by atoms with Crippen LogP contribution in [-0.2, 0) is 16.0 Å². The van der Waals surface area contributed by atoms with E-state index in [1.165, 1.54) is 0 Å². The molecule has 0 aromatic carbocycles. The number of aromatic nitrogens is 2. The Morgan fingerprint density at radius 3 is 2.79 bits per heavy atom. The van der Waals surface area contributed by atoms with Crippen LogP contribution in [-0.4, -0.2) is 45.5 Å². The fraction of sp³-hybridized carbons (Fsp3) is 0.667. The number of rotatable bonds is 4. The zero-order valence-corrected chi connectivity index (χ0v) is 11.4. The summed E-state index contributed by atoms with van der Waals surface area (Å²) >= 11 is 0. The smallest absolute Gasteiger partial charge is 0.248 e. The van der Waals surface area contributed by atoms with E-state index in [-0.39, 0.29) is 18.4 Å². The molecule has 2 heterocycles. The van der Waals surface area contributed by atoms with Gasteiger partial charge in [0.2, 0.25) is 17.7 Å². The van der Waals surface area contributed by atoms with E-state index in [9.17, 15) is 9.59 Å². The van der Waals surface area contributed by atoms with E-state index in [0.717, 1.165) is 0 Å². The fourth-order valence-electron chi connectivity index (χ4n) is 2.09. The minimum absolute atomic E-state index is 0.0604. The first-order valence-electron chi connectivity index (χ1n) is 6.34. The number of nitrogens with one attached hydrogen (secondary N) is 1. The highest BCUT2D eigenvalue weighted by Crippen LogP contribution is 2.17. The SMILES string of the molecule is CCC1(C)NC(=O)CN(CCc2noc(C)n2)C1=O. The highest BCUT2D eigenvalue weighted by atomic mass is 16.5. The van der Waals surface area contributed by atoms with Crippen molar-refractivity contribution < 1.29 is 14.1 Å². The molecule has 1 saturated heterocycles. The first-order valence-corrected chi connectivity index (χ1v) is 6.34. The predicted octanol–water partition coefficient (Wildman–Crippen LogP) is 0.0476. The standard InChI is InChI=1S/C12H18N4O3/c1-4-12(3)11(18)16(7-10(17)14-12)6-5-9-13-8(2)19-15-9/h4-7H2,1-3H3,(H,14,17). The van der Waals surface area contributed by atoms with Crippen molar-refractivity contribution in [2.75, 3.05) is 13.1 Å². The van der Waals surface area contributed by atoms with E-state index in [4.69, 9.17) is 4.52 Å². The second-order valence-corrected chi connectivity index (χ2v) is 4.94. The van der Waals surface area contributed by atoms with Gasteiger partial charge in [0.25, 0.3) is 0 Å². The number of carbonyl (C=O) groups is 2. The number of carbonyl (C=O) groups excluding carboxylic acids is 2. The molecule has 1 aliphatic heterocycles. The van der Waals surface area contributed by atoms with Crippen molar-refractivity contribution in [3.63, 3.8) is 0 Å². The number of hydrogen-bond donors (Lipinski definition) is 1. The highest BCUT2D eigenvalue weighted by molar-refractivity contribution is 5.97. The summed E-state index contributed by atoms with van der Waals surface area (Å²) in [6.07, 6.45) is 1.05. The molecular formula is C12H18N4O3. The molecule has 1 unspecified atom stereocenters. The number of hydrogen-bond acceptors (Lipinski definition) is 5. The maximum atomic E-state index is 12.3. The van der Waals surface area contributed by atoms with E-state index in [1.54, 1.807) is 18.7 Å². The van der Waals surface area contributed by atoms with Gasteiger partial charge in [-0.25, -0.2) is 0 Å². The third kappa shape index (κ3) is 2.74. The lowest BCUT2D eigenvalue weighted by molar-refractivity contribution is -0.149. The molecule has 1 fully saturated rings. The molecular weight excluding hydrogens is 248 g/mol. The summed E-state index contributed by atoms with van der Waals surface area (Å²) in [6, 6.07) is 0. The van der Waals surface area contributed by atoms with Crippen molar-refractivity contribution in [2.45, 2.75) is 39.2 Å².